The van der Waals surface area contributed by atoms with Crippen LogP contribution in [0.15, 0.2) is 0 Å². The third-order valence-electron chi connectivity index (χ3n) is 1.83. The number of Topliss-reactive ketones (excluding diaryl/α,β-unsaturated/α-hetero) is 1. The van der Waals surface area contributed by atoms with Gasteiger partial charge >= 0.3 is 0 Å². The Hall–Kier alpha value is -0.370. The van der Waals surface area contributed by atoms with Gasteiger partial charge in [0, 0.05) is 19.6 Å². The van der Waals surface area contributed by atoms with E-state index in [-0.39, 0.29) is 0 Å². The number of hydrogen-bond acceptors (Lipinski definition) is 2. The van der Waals surface area contributed by atoms with E-state index in [0.717, 1.165) is 13.0 Å². The van der Waals surface area contributed by atoms with Crippen molar-refractivity contribution in [3.05, 3.63) is 0 Å². The zero-order chi connectivity index (χ0) is 6.85. The first-order chi connectivity index (χ1) is 4.25. The number of carbonyl (C=O) groups is 1. The van der Waals surface area contributed by atoms with Crippen molar-refractivity contribution >= 4 is 5.78 Å². The fourth-order valence-corrected chi connectivity index (χ4v) is 1.14. The van der Waals surface area contributed by atoms with Crippen molar-refractivity contribution in [1.29, 1.82) is 0 Å². The van der Waals surface area contributed by atoms with E-state index in [9.17, 15) is 4.79 Å². The highest BCUT2D eigenvalue weighted by Gasteiger charge is 2.40. The Morgan fingerprint density at radius 1 is 1.78 bits per heavy atom. The van der Waals surface area contributed by atoms with Crippen LogP contribution in [0, 0.1) is 11.8 Å². The summed E-state index contributed by atoms with van der Waals surface area (Å²) in [5, 5.41) is 0. The summed E-state index contributed by atoms with van der Waals surface area (Å²) in [6.45, 7) is 2.41. The number of rotatable bonds is 3. The molecule has 0 aromatic heterocycles. The van der Waals surface area contributed by atoms with Gasteiger partial charge in [0.15, 0.2) is 0 Å². The molecule has 2 heteroatoms. The molecule has 52 valence electrons. The molecule has 0 amide bonds. The highest BCUT2D eigenvalue weighted by atomic mass is 16.5. The molecule has 0 aromatic rings. The molecule has 0 aliphatic heterocycles. The van der Waals surface area contributed by atoms with Gasteiger partial charge in [-0.05, 0) is 19.3 Å². The highest BCUT2D eigenvalue weighted by molar-refractivity contribution is 5.81. The maximum Gasteiger partial charge on any atom is 0.133 e. The van der Waals surface area contributed by atoms with E-state index in [1.54, 1.807) is 14.0 Å². The summed E-state index contributed by atoms with van der Waals surface area (Å²) in [4.78, 5) is 10.6. The summed E-state index contributed by atoms with van der Waals surface area (Å²) in [5.41, 5.74) is 0. The van der Waals surface area contributed by atoms with Crippen LogP contribution < -0.4 is 0 Å². The minimum Gasteiger partial charge on any atom is -0.384 e. The van der Waals surface area contributed by atoms with Gasteiger partial charge in [0.2, 0.25) is 0 Å². The van der Waals surface area contributed by atoms with Gasteiger partial charge in [0.05, 0.1) is 0 Å². The van der Waals surface area contributed by atoms with Crippen LogP contribution in [-0.2, 0) is 9.53 Å². The fourth-order valence-electron chi connectivity index (χ4n) is 1.14. The maximum absolute atomic E-state index is 10.6. The summed E-state index contributed by atoms with van der Waals surface area (Å²) < 4.78 is 4.89. The second-order valence-electron chi connectivity index (χ2n) is 2.67. The van der Waals surface area contributed by atoms with Gasteiger partial charge in [-0.15, -0.1) is 0 Å². The van der Waals surface area contributed by atoms with Crippen molar-refractivity contribution < 1.29 is 9.53 Å². The van der Waals surface area contributed by atoms with Crippen LogP contribution in [0.5, 0.6) is 0 Å². The minimum atomic E-state index is 0.317. The molecule has 2 atom stereocenters. The Balaban J connectivity index is 2.17. The third-order valence-corrected chi connectivity index (χ3v) is 1.83. The summed E-state index contributed by atoms with van der Waals surface area (Å²) in [6, 6.07) is 0. The Morgan fingerprint density at radius 2 is 2.44 bits per heavy atom. The van der Waals surface area contributed by atoms with E-state index in [4.69, 9.17) is 4.74 Å². The quantitative estimate of drug-likeness (QED) is 0.563. The van der Waals surface area contributed by atoms with E-state index < -0.39 is 0 Å². The molecule has 0 unspecified atom stereocenters. The first-order valence-corrected chi connectivity index (χ1v) is 3.25. The zero-order valence-electron chi connectivity index (χ0n) is 5.89. The second-order valence-corrected chi connectivity index (χ2v) is 2.67. The Labute approximate surface area is 55.2 Å². The molecule has 0 bridgehead atoms. The first-order valence-electron chi connectivity index (χ1n) is 3.25. The van der Waals surface area contributed by atoms with E-state index in [0.29, 0.717) is 17.6 Å². The van der Waals surface area contributed by atoms with Crippen LogP contribution >= 0.6 is 0 Å². The van der Waals surface area contributed by atoms with Crippen LogP contribution in [0.25, 0.3) is 0 Å². The van der Waals surface area contributed by atoms with Crippen molar-refractivity contribution in [3.8, 4) is 0 Å². The van der Waals surface area contributed by atoms with Crippen LogP contribution in [0.4, 0.5) is 0 Å². The average Bonchev–Trinajstić information content (AvgIpc) is 2.47. The molecule has 0 radical (unpaired) electrons. The van der Waals surface area contributed by atoms with Crippen LogP contribution in [-0.4, -0.2) is 19.5 Å². The molecule has 0 heterocycles. The zero-order valence-corrected chi connectivity index (χ0v) is 5.89. The molecule has 0 aromatic carbocycles. The molecule has 1 aliphatic carbocycles. The largest absolute Gasteiger partial charge is 0.384 e. The lowest BCUT2D eigenvalue weighted by Crippen LogP contribution is -1.99. The number of methoxy groups -OCH3 is 1. The Bertz CT molecular complexity index is 120. The number of ketones is 1. The van der Waals surface area contributed by atoms with E-state index >= 15 is 0 Å². The van der Waals surface area contributed by atoms with Gasteiger partial charge in [0.25, 0.3) is 0 Å². The van der Waals surface area contributed by atoms with Crippen LogP contribution in [0.3, 0.4) is 0 Å². The van der Waals surface area contributed by atoms with Gasteiger partial charge in [-0.2, -0.15) is 0 Å². The molecule has 9 heavy (non-hydrogen) atoms. The summed E-state index contributed by atoms with van der Waals surface area (Å²) in [7, 11) is 1.68. The number of hydrogen-bond donors (Lipinski definition) is 0. The van der Waals surface area contributed by atoms with E-state index in [1.807, 2.05) is 0 Å². The Morgan fingerprint density at radius 3 is 2.78 bits per heavy atom. The SMILES string of the molecule is COC[C@H]1C[C@@H]1C(C)=O. The predicted molar refractivity (Wildman–Crippen MR) is 34.2 cm³/mol. The Kier molecular flexibility index (Phi) is 1.86. The third kappa shape index (κ3) is 1.52. The monoisotopic (exact) mass is 128 g/mol. The van der Waals surface area contributed by atoms with E-state index in [2.05, 4.69) is 0 Å². The number of ether oxygens (including phenoxy) is 1. The molecule has 1 saturated carbocycles. The van der Waals surface area contributed by atoms with Crippen molar-refractivity contribution in [2.45, 2.75) is 13.3 Å². The van der Waals surface area contributed by atoms with Crippen LogP contribution in [0.1, 0.15) is 13.3 Å². The lowest BCUT2D eigenvalue weighted by Gasteiger charge is -1.92. The second kappa shape index (κ2) is 2.48. The van der Waals surface area contributed by atoms with Crippen molar-refractivity contribution in [1.82, 2.24) is 0 Å². The molecule has 1 rings (SSSR count). The molecule has 2 nitrogen and oxygen atoms in total. The van der Waals surface area contributed by atoms with Crippen molar-refractivity contribution in [3.63, 3.8) is 0 Å². The van der Waals surface area contributed by atoms with Crippen LogP contribution in [0.2, 0.25) is 0 Å². The molecule has 0 saturated heterocycles. The maximum atomic E-state index is 10.6. The normalized spacial score (nSPS) is 32.2. The first kappa shape index (κ1) is 6.75. The summed E-state index contributed by atoms with van der Waals surface area (Å²) >= 11 is 0. The molecule has 1 aliphatic rings. The predicted octanol–water partition coefficient (Wildman–Crippen LogP) is 0.858. The van der Waals surface area contributed by atoms with Crippen molar-refractivity contribution in [2.75, 3.05) is 13.7 Å². The van der Waals surface area contributed by atoms with Gasteiger partial charge in [0.1, 0.15) is 5.78 Å². The van der Waals surface area contributed by atoms with Gasteiger partial charge < -0.3 is 4.74 Å². The van der Waals surface area contributed by atoms with Gasteiger partial charge in [-0.3, -0.25) is 4.79 Å². The lowest BCUT2D eigenvalue weighted by atomic mass is 10.2. The summed E-state index contributed by atoms with van der Waals surface area (Å²) in [5.74, 6) is 1.18. The minimum absolute atomic E-state index is 0.317. The van der Waals surface area contributed by atoms with Gasteiger partial charge in [-0.25, -0.2) is 0 Å². The molecule has 0 N–H and O–H groups in total. The topological polar surface area (TPSA) is 26.3 Å². The molecule has 1 fully saturated rings. The lowest BCUT2D eigenvalue weighted by molar-refractivity contribution is -0.118. The smallest absolute Gasteiger partial charge is 0.133 e. The van der Waals surface area contributed by atoms with Gasteiger partial charge in [-0.1, -0.05) is 0 Å². The molecule has 0 spiro atoms. The number of carbonyl (C=O) groups excluding carboxylic acids is 1. The highest BCUT2D eigenvalue weighted by Crippen LogP contribution is 2.38. The van der Waals surface area contributed by atoms with E-state index in [1.165, 1.54) is 0 Å². The summed E-state index contributed by atoms with van der Waals surface area (Å²) in [6.07, 6.45) is 1.04. The molecular weight excluding hydrogens is 116 g/mol. The standard InChI is InChI=1S/C7H12O2/c1-5(8)7-3-6(7)4-9-2/h6-7H,3-4H2,1-2H3/t6-,7-/m1/s1. The molecular formula is C7H12O2. The van der Waals surface area contributed by atoms with Crippen molar-refractivity contribution in [2.24, 2.45) is 11.8 Å². The average molecular weight is 128 g/mol. The fraction of sp³-hybridized carbons (Fsp3) is 0.857.